The predicted molar refractivity (Wildman–Crippen MR) is 140 cm³/mol. The summed E-state index contributed by atoms with van der Waals surface area (Å²) in [6, 6.07) is 12.1. The lowest BCUT2D eigenvalue weighted by Gasteiger charge is -2.54. The highest BCUT2D eigenvalue weighted by atomic mass is 16.5. The number of rotatable bonds is 6. The standard InChI is InChI=1S/C31H38O4/c1-20(2)24-18-22-11-15-28-30(3,16-7-17-31(28,4)29(33)35-6)26(22)19-25(24)27(32)14-10-21-8-12-23(34-5)13-9-21/h8-10,12-14,18-20,28H,7,11,15-17H2,1-6H3/b14-10+/t28-,30-,31-/m1/s1. The first-order valence-electron chi connectivity index (χ1n) is 12.8. The van der Waals surface area contributed by atoms with Crippen LogP contribution >= 0.6 is 0 Å². The van der Waals surface area contributed by atoms with Gasteiger partial charge in [0, 0.05) is 5.56 Å². The van der Waals surface area contributed by atoms with E-state index in [-0.39, 0.29) is 29.0 Å². The first-order chi connectivity index (χ1) is 16.6. The molecule has 2 aromatic carbocycles. The number of methoxy groups -OCH3 is 2. The highest BCUT2D eigenvalue weighted by Gasteiger charge is 2.55. The molecule has 0 amide bonds. The predicted octanol–water partition coefficient (Wildman–Crippen LogP) is 6.90. The van der Waals surface area contributed by atoms with Crippen molar-refractivity contribution in [2.45, 2.75) is 71.1 Å². The van der Waals surface area contributed by atoms with Crippen LogP contribution in [0.15, 0.2) is 42.5 Å². The van der Waals surface area contributed by atoms with Crippen LogP contribution in [0.1, 0.15) is 91.9 Å². The minimum absolute atomic E-state index is 0.0181. The van der Waals surface area contributed by atoms with E-state index >= 15 is 0 Å². The summed E-state index contributed by atoms with van der Waals surface area (Å²) in [7, 11) is 3.14. The SMILES string of the molecule is COC(=O)[C@]1(C)CCC[C@]2(C)c3cc(C(=O)/C=C/c4ccc(OC)cc4)c(C(C)C)cc3CC[C@@H]12. The number of benzene rings is 2. The summed E-state index contributed by atoms with van der Waals surface area (Å²) < 4.78 is 10.5. The summed E-state index contributed by atoms with van der Waals surface area (Å²) in [4.78, 5) is 26.4. The highest BCUT2D eigenvalue weighted by Crippen LogP contribution is 2.58. The fourth-order valence-corrected chi connectivity index (χ4v) is 6.68. The quantitative estimate of drug-likeness (QED) is 0.260. The second kappa shape index (κ2) is 9.64. The van der Waals surface area contributed by atoms with Crippen molar-refractivity contribution in [3.8, 4) is 5.75 Å². The second-order valence-electron chi connectivity index (χ2n) is 11.0. The lowest BCUT2D eigenvalue weighted by molar-refractivity contribution is -0.161. The number of ketones is 1. The molecule has 2 aliphatic rings. The Balaban J connectivity index is 1.74. The van der Waals surface area contributed by atoms with Crippen molar-refractivity contribution >= 4 is 17.8 Å². The first-order valence-corrected chi connectivity index (χ1v) is 12.8. The third-order valence-corrected chi connectivity index (χ3v) is 8.61. The molecule has 0 aliphatic heterocycles. The van der Waals surface area contributed by atoms with Gasteiger partial charge in [-0.2, -0.15) is 0 Å². The Morgan fingerprint density at radius 3 is 2.40 bits per heavy atom. The maximum atomic E-state index is 13.5. The molecule has 186 valence electrons. The zero-order valence-corrected chi connectivity index (χ0v) is 21.9. The van der Waals surface area contributed by atoms with Crippen LogP contribution < -0.4 is 4.74 Å². The molecule has 0 spiro atoms. The summed E-state index contributed by atoms with van der Waals surface area (Å²) in [5, 5.41) is 0. The molecule has 0 N–H and O–H groups in total. The third-order valence-electron chi connectivity index (χ3n) is 8.61. The van der Waals surface area contributed by atoms with Gasteiger partial charge < -0.3 is 9.47 Å². The molecule has 0 heterocycles. The molecule has 0 saturated heterocycles. The lowest BCUT2D eigenvalue weighted by Crippen LogP contribution is -2.52. The molecule has 4 nitrogen and oxygen atoms in total. The average molecular weight is 475 g/mol. The Morgan fingerprint density at radius 1 is 1.06 bits per heavy atom. The van der Waals surface area contributed by atoms with Gasteiger partial charge in [-0.15, -0.1) is 0 Å². The van der Waals surface area contributed by atoms with Crippen LogP contribution in [0, 0.1) is 11.3 Å². The van der Waals surface area contributed by atoms with Crippen LogP contribution in [0.4, 0.5) is 0 Å². The van der Waals surface area contributed by atoms with E-state index in [1.165, 1.54) is 18.2 Å². The van der Waals surface area contributed by atoms with Crippen LogP contribution in [0.2, 0.25) is 0 Å². The zero-order chi connectivity index (χ0) is 25.4. The lowest BCUT2D eigenvalue weighted by atomic mass is 9.49. The fraction of sp³-hybridized carbons (Fsp3) is 0.484. The molecule has 35 heavy (non-hydrogen) atoms. The molecule has 4 heteroatoms. The molecule has 0 bridgehead atoms. The Bertz CT molecular complexity index is 1140. The van der Waals surface area contributed by atoms with Gasteiger partial charge in [0.25, 0.3) is 0 Å². The third kappa shape index (κ3) is 4.44. The summed E-state index contributed by atoms with van der Waals surface area (Å²) in [5.74, 6) is 1.15. The van der Waals surface area contributed by atoms with Gasteiger partial charge in [-0.3, -0.25) is 9.59 Å². The van der Waals surface area contributed by atoms with Crippen molar-refractivity contribution in [3.05, 3.63) is 70.3 Å². The van der Waals surface area contributed by atoms with E-state index in [1.807, 2.05) is 30.3 Å². The van der Waals surface area contributed by atoms with Gasteiger partial charge >= 0.3 is 5.97 Å². The van der Waals surface area contributed by atoms with E-state index in [0.29, 0.717) is 0 Å². The number of fused-ring (bicyclic) bond motifs is 3. The summed E-state index contributed by atoms with van der Waals surface area (Å²) >= 11 is 0. The molecule has 3 atom stereocenters. The van der Waals surface area contributed by atoms with Gasteiger partial charge in [0.15, 0.2) is 5.78 Å². The largest absolute Gasteiger partial charge is 0.497 e. The van der Waals surface area contributed by atoms with E-state index < -0.39 is 5.41 Å². The van der Waals surface area contributed by atoms with Crippen LogP contribution in [0.3, 0.4) is 0 Å². The molecule has 0 aromatic heterocycles. The fourth-order valence-electron chi connectivity index (χ4n) is 6.68. The normalized spacial score (nSPS) is 25.7. The van der Waals surface area contributed by atoms with Crippen molar-refractivity contribution in [2.24, 2.45) is 11.3 Å². The maximum Gasteiger partial charge on any atom is 0.311 e. The number of hydrogen-bond acceptors (Lipinski definition) is 4. The Morgan fingerprint density at radius 2 is 1.77 bits per heavy atom. The maximum absolute atomic E-state index is 13.5. The molecule has 1 saturated carbocycles. The number of ether oxygens (including phenoxy) is 2. The van der Waals surface area contributed by atoms with E-state index in [9.17, 15) is 9.59 Å². The number of hydrogen-bond donors (Lipinski definition) is 0. The summed E-state index contributed by atoms with van der Waals surface area (Å²) in [6.45, 7) is 8.67. The molecule has 2 aliphatic carbocycles. The molecule has 0 unspecified atom stereocenters. The molecule has 0 radical (unpaired) electrons. The molecule has 2 aromatic rings. The minimum Gasteiger partial charge on any atom is -0.497 e. The van der Waals surface area contributed by atoms with Gasteiger partial charge in [-0.1, -0.05) is 51.5 Å². The van der Waals surface area contributed by atoms with E-state index in [0.717, 1.165) is 54.5 Å². The second-order valence-corrected chi connectivity index (χ2v) is 11.0. The van der Waals surface area contributed by atoms with Crippen molar-refractivity contribution in [2.75, 3.05) is 14.2 Å². The Kier molecular flexibility index (Phi) is 6.95. The first kappa shape index (κ1) is 25.2. The van der Waals surface area contributed by atoms with E-state index in [1.54, 1.807) is 13.2 Å². The van der Waals surface area contributed by atoms with Crippen molar-refractivity contribution in [3.63, 3.8) is 0 Å². The van der Waals surface area contributed by atoms with Crippen molar-refractivity contribution in [1.82, 2.24) is 0 Å². The highest BCUT2D eigenvalue weighted by molar-refractivity contribution is 6.08. The van der Waals surface area contributed by atoms with Crippen LogP contribution in [0.25, 0.3) is 6.08 Å². The van der Waals surface area contributed by atoms with Crippen molar-refractivity contribution in [1.29, 1.82) is 0 Å². The van der Waals surface area contributed by atoms with Crippen LogP contribution in [0.5, 0.6) is 5.75 Å². The monoisotopic (exact) mass is 474 g/mol. The van der Waals surface area contributed by atoms with E-state index in [4.69, 9.17) is 9.47 Å². The van der Waals surface area contributed by atoms with Gasteiger partial charge in [0.1, 0.15) is 5.75 Å². The Labute approximate surface area is 209 Å². The smallest absolute Gasteiger partial charge is 0.311 e. The topological polar surface area (TPSA) is 52.6 Å². The van der Waals surface area contributed by atoms with Crippen LogP contribution in [-0.2, 0) is 21.4 Å². The number of aryl methyl sites for hydroxylation is 1. The van der Waals surface area contributed by atoms with E-state index in [2.05, 4.69) is 39.8 Å². The minimum atomic E-state index is -0.491. The summed E-state index contributed by atoms with van der Waals surface area (Å²) in [5.41, 5.74) is 4.76. The van der Waals surface area contributed by atoms with Crippen molar-refractivity contribution < 1.29 is 19.1 Å². The molecular weight excluding hydrogens is 436 g/mol. The number of carbonyl (C=O) groups is 2. The Hall–Kier alpha value is -2.88. The average Bonchev–Trinajstić information content (AvgIpc) is 2.86. The van der Waals surface area contributed by atoms with Gasteiger partial charge in [0.05, 0.1) is 19.6 Å². The zero-order valence-electron chi connectivity index (χ0n) is 21.9. The summed E-state index contributed by atoms with van der Waals surface area (Å²) in [6.07, 6.45) is 8.30. The van der Waals surface area contributed by atoms with Gasteiger partial charge in [0.2, 0.25) is 0 Å². The number of esters is 1. The van der Waals surface area contributed by atoms with Gasteiger partial charge in [-0.05, 0) is 96.4 Å². The molecular formula is C31H38O4. The van der Waals surface area contributed by atoms with Gasteiger partial charge in [-0.25, -0.2) is 0 Å². The molecule has 1 fully saturated rings. The number of allylic oxidation sites excluding steroid dienone is 1. The van der Waals surface area contributed by atoms with Crippen LogP contribution in [-0.4, -0.2) is 26.0 Å². The molecule has 4 rings (SSSR count). The number of carbonyl (C=O) groups excluding carboxylic acids is 2.